The molecule has 0 rings (SSSR count). The predicted octanol–water partition coefficient (Wildman–Crippen LogP) is 3.92. The van der Waals surface area contributed by atoms with Crippen LogP contribution < -0.4 is 5.32 Å². The zero-order valence-electron chi connectivity index (χ0n) is 10.8. The van der Waals surface area contributed by atoms with Gasteiger partial charge in [0, 0.05) is 5.41 Å². The average molecular weight is 254 g/mol. The number of halogens is 1. The zero-order chi connectivity index (χ0) is 13.6. The minimum Gasteiger partial charge on any atom is -0.324 e. The van der Waals surface area contributed by atoms with E-state index in [2.05, 4.69) is 25.1 Å². The summed E-state index contributed by atoms with van der Waals surface area (Å²) < 4.78 is 0. The average Bonchev–Trinajstić information content (AvgIpc) is 2.20. The van der Waals surface area contributed by atoms with Gasteiger partial charge in [0.1, 0.15) is 0 Å². The fraction of sp³-hybridized carbons (Fsp3) is 0.357. The topological polar surface area (TPSA) is 29.1 Å². The predicted molar refractivity (Wildman–Crippen MR) is 74.6 cm³/mol. The van der Waals surface area contributed by atoms with Crippen molar-refractivity contribution in [2.45, 2.75) is 27.2 Å². The molecule has 0 aliphatic heterocycles. The summed E-state index contributed by atoms with van der Waals surface area (Å²) in [5, 5.41) is 3.07. The first-order valence-corrected chi connectivity index (χ1v) is 5.74. The Kier molecular flexibility index (Phi) is 5.97. The third-order valence-corrected chi connectivity index (χ3v) is 2.31. The zero-order valence-corrected chi connectivity index (χ0v) is 11.5. The maximum Gasteiger partial charge on any atom is 0.229 e. The van der Waals surface area contributed by atoms with E-state index in [1.165, 1.54) is 0 Å². The second kappa shape index (κ2) is 6.45. The van der Waals surface area contributed by atoms with Gasteiger partial charge in [0.2, 0.25) is 5.91 Å². The summed E-state index contributed by atoms with van der Waals surface area (Å²) in [5.74, 6) is -0.113. The molecule has 0 aromatic heterocycles. The Labute approximate surface area is 109 Å². The van der Waals surface area contributed by atoms with Crippen LogP contribution in [-0.2, 0) is 4.79 Å². The Morgan fingerprint density at radius 1 is 1.35 bits per heavy atom. The van der Waals surface area contributed by atoms with Crippen LogP contribution in [0.5, 0.6) is 0 Å². The largest absolute Gasteiger partial charge is 0.324 e. The van der Waals surface area contributed by atoms with Gasteiger partial charge in [-0.2, -0.15) is 0 Å². The van der Waals surface area contributed by atoms with Crippen molar-refractivity contribution in [1.29, 1.82) is 0 Å². The number of carbonyl (C=O) groups is 1. The monoisotopic (exact) mass is 253 g/mol. The fourth-order valence-corrected chi connectivity index (χ4v) is 1.23. The van der Waals surface area contributed by atoms with Crippen LogP contribution in [0.25, 0.3) is 0 Å². The third kappa shape index (κ3) is 5.05. The van der Waals surface area contributed by atoms with Crippen LogP contribution in [0.3, 0.4) is 0 Å². The van der Waals surface area contributed by atoms with Crippen LogP contribution in [0.15, 0.2) is 48.2 Å². The van der Waals surface area contributed by atoms with Crippen molar-refractivity contribution in [2.75, 3.05) is 0 Å². The second-order valence-corrected chi connectivity index (χ2v) is 5.16. The van der Waals surface area contributed by atoms with Crippen LogP contribution >= 0.6 is 11.6 Å². The number of amides is 1. The highest BCUT2D eigenvalue weighted by Crippen LogP contribution is 2.21. The van der Waals surface area contributed by atoms with Crippen LogP contribution in [-0.4, -0.2) is 5.91 Å². The second-order valence-electron chi connectivity index (χ2n) is 4.71. The van der Waals surface area contributed by atoms with E-state index in [-0.39, 0.29) is 5.91 Å². The summed E-state index contributed by atoms with van der Waals surface area (Å²) in [7, 11) is 0. The molecule has 0 aliphatic rings. The van der Waals surface area contributed by atoms with E-state index in [0.29, 0.717) is 17.2 Å². The fourth-order valence-electron chi connectivity index (χ4n) is 1.07. The molecule has 0 saturated carbocycles. The summed E-state index contributed by atoms with van der Waals surface area (Å²) in [6.45, 7) is 16.5. The highest BCUT2D eigenvalue weighted by atomic mass is 35.5. The molecule has 0 bridgehead atoms. The Balaban J connectivity index is 5.26. The van der Waals surface area contributed by atoms with Gasteiger partial charge in [-0.25, -0.2) is 0 Å². The lowest BCUT2D eigenvalue weighted by atomic mass is 9.95. The van der Waals surface area contributed by atoms with E-state index < -0.39 is 5.41 Å². The lowest BCUT2D eigenvalue weighted by molar-refractivity contribution is -0.127. The Morgan fingerprint density at radius 3 is 2.18 bits per heavy atom. The molecule has 0 heterocycles. The van der Waals surface area contributed by atoms with Gasteiger partial charge in [0.05, 0.1) is 10.7 Å². The van der Waals surface area contributed by atoms with E-state index in [1.807, 2.05) is 20.8 Å². The number of allylic oxidation sites excluding steroid dienone is 4. The van der Waals surface area contributed by atoms with Crippen LogP contribution in [0, 0.1) is 5.41 Å². The standard InChI is InChI=1S/C14H20ClNO/c1-7-9-11(8-2)12(10(3)15)16-13(17)14(4,5)6/h7-8H,1-3,9H2,4-6H3,(H,16,17)/b12-11-. The van der Waals surface area contributed by atoms with Crippen LogP contribution in [0.4, 0.5) is 0 Å². The van der Waals surface area contributed by atoms with Gasteiger partial charge in [0.15, 0.2) is 0 Å². The van der Waals surface area contributed by atoms with Crippen LogP contribution in [0.2, 0.25) is 0 Å². The molecule has 0 spiro atoms. The summed E-state index contributed by atoms with van der Waals surface area (Å²) in [6.07, 6.45) is 3.95. The molecule has 1 amide bonds. The maximum atomic E-state index is 11.9. The van der Waals surface area contributed by atoms with E-state index in [1.54, 1.807) is 12.2 Å². The number of hydrogen-bond donors (Lipinski definition) is 1. The summed E-state index contributed by atoms with van der Waals surface area (Å²) in [6, 6.07) is 0. The molecule has 0 atom stereocenters. The molecule has 0 fully saturated rings. The number of nitrogens with one attached hydrogen (secondary N) is 1. The van der Waals surface area contributed by atoms with Crippen molar-refractivity contribution in [3.05, 3.63) is 48.2 Å². The minimum atomic E-state index is -0.488. The first kappa shape index (κ1) is 15.7. The molecule has 0 unspecified atom stereocenters. The van der Waals surface area contributed by atoms with Gasteiger partial charge >= 0.3 is 0 Å². The molecule has 94 valence electrons. The molecule has 0 aromatic carbocycles. The van der Waals surface area contributed by atoms with Crippen molar-refractivity contribution in [3.8, 4) is 0 Å². The lowest BCUT2D eigenvalue weighted by Crippen LogP contribution is -2.34. The van der Waals surface area contributed by atoms with Crippen molar-refractivity contribution in [3.63, 3.8) is 0 Å². The number of hydrogen-bond acceptors (Lipinski definition) is 1. The Bertz CT molecular complexity index is 372. The maximum absolute atomic E-state index is 11.9. The van der Waals surface area contributed by atoms with E-state index >= 15 is 0 Å². The summed E-state index contributed by atoms with van der Waals surface area (Å²) >= 11 is 5.90. The van der Waals surface area contributed by atoms with Gasteiger partial charge in [-0.3, -0.25) is 4.79 Å². The van der Waals surface area contributed by atoms with Crippen molar-refractivity contribution in [2.24, 2.45) is 5.41 Å². The lowest BCUT2D eigenvalue weighted by Gasteiger charge is -2.20. The Morgan fingerprint density at radius 2 is 1.88 bits per heavy atom. The highest BCUT2D eigenvalue weighted by Gasteiger charge is 2.23. The summed E-state index contributed by atoms with van der Waals surface area (Å²) in [5.41, 5.74) is 0.831. The van der Waals surface area contributed by atoms with Gasteiger partial charge in [-0.1, -0.05) is 57.7 Å². The molecular formula is C14H20ClNO. The molecule has 1 N–H and O–H groups in total. The van der Waals surface area contributed by atoms with Gasteiger partial charge in [-0.05, 0) is 12.0 Å². The van der Waals surface area contributed by atoms with Gasteiger partial charge < -0.3 is 5.32 Å². The number of carbonyl (C=O) groups excluding carboxylic acids is 1. The van der Waals surface area contributed by atoms with Crippen molar-refractivity contribution in [1.82, 2.24) is 5.32 Å². The third-order valence-electron chi connectivity index (χ3n) is 2.12. The first-order chi connectivity index (χ1) is 7.73. The molecule has 2 nitrogen and oxygen atoms in total. The molecular weight excluding hydrogens is 234 g/mol. The SMILES string of the molecule is C=CC/C(C=C)=C(\NC(=O)C(C)(C)C)C(=C)Cl. The molecule has 0 radical (unpaired) electrons. The summed E-state index contributed by atoms with van der Waals surface area (Å²) in [4.78, 5) is 11.9. The van der Waals surface area contributed by atoms with Gasteiger partial charge in [-0.15, -0.1) is 6.58 Å². The smallest absolute Gasteiger partial charge is 0.229 e. The van der Waals surface area contributed by atoms with E-state index in [0.717, 1.165) is 5.57 Å². The van der Waals surface area contributed by atoms with Gasteiger partial charge in [0.25, 0.3) is 0 Å². The van der Waals surface area contributed by atoms with Crippen LogP contribution in [0.1, 0.15) is 27.2 Å². The van der Waals surface area contributed by atoms with E-state index in [9.17, 15) is 4.79 Å². The van der Waals surface area contributed by atoms with E-state index in [4.69, 9.17) is 11.6 Å². The minimum absolute atomic E-state index is 0.113. The molecule has 0 aliphatic carbocycles. The van der Waals surface area contributed by atoms with Crippen molar-refractivity contribution < 1.29 is 4.79 Å². The Hall–Kier alpha value is -1.28. The molecule has 0 aromatic rings. The quantitative estimate of drug-likeness (QED) is 0.584. The highest BCUT2D eigenvalue weighted by molar-refractivity contribution is 6.31. The molecule has 0 saturated heterocycles. The first-order valence-electron chi connectivity index (χ1n) is 5.36. The van der Waals surface area contributed by atoms with Crippen molar-refractivity contribution >= 4 is 17.5 Å². The molecule has 3 heteroatoms. The molecule has 17 heavy (non-hydrogen) atoms. The normalized spacial score (nSPS) is 12.5. The number of rotatable bonds is 5.